The smallest absolute Gasteiger partial charge is 0.294 e. The Morgan fingerprint density at radius 1 is 1.12 bits per heavy atom. The summed E-state index contributed by atoms with van der Waals surface area (Å²) in [5.41, 5.74) is 2.57. The van der Waals surface area contributed by atoms with Crippen molar-refractivity contribution < 1.29 is 0 Å². The highest BCUT2D eigenvalue weighted by Gasteiger charge is 2.18. The summed E-state index contributed by atoms with van der Waals surface area (Å²) in [5, 5.41) is 3.36. The second-order valence-corrected chi connectivity index (χ2v) is 6.33. The average molecular weight is 320 g/mol. The van der Waals surface area contributed by atoms with E-state index in [2.05, 4.69) is 15.3 Å². The number of aromatic nitrogens is 3. The Labute approximate surface area is 140 Å². The van der Waals surface area contributed by atoms with Crippen LogP contribution in [0.3, 0.4) is 0 Å². The fraction of sp³-hybridized carbons (Fsp3) is 0.316. The maximum atomic E-state index is 13.0. The minimum atomic E-state index is -0.0775. The van der Waals surface area contributed by atoms with Gasteiger partial charge in [-0.15, -0.1) is 0 Å². The van der Waals surface area contributed by atoms with Gasteiger partial charge in [-0.25, -0.2) is 4.98 Å². The van der Waals surface area contributed by atoms with E-state index in [1.54, 1.807) is 17.0 Å². The van der Waals surface area contributed by atoms with Gasteiger partial charge < -0.3 is 5.32 Å². The van der Waals surface area contributed by atoms with Gasteiger partial charge in [-0.3, -0.25) is 14.3 Å². The van der Waals surface area contributed by atoms with E-state index in [1.807, 2.05) is 36.4 Å². The first-order chi connectivity index (χ1) is 11.8. The van der Waals surface area contributed by atoms with E-state index in [9.17, 15) is 4.79 Å². The first-order valence-corrected chi connectivity index (χ1v) is 8.46. The van der Waals surface area contributed by atoms with Crippen LogP contribution in [0.2, 0.25) is 0 Å². The molecule has 2 aromatic heterocycles. The van der Waals surface area contributed by atoms with Gasteiger partial charge in [0.25, 0.3) is 5.56 Å². The summed E-state index contributed by atoms with van der Waals surface area (Å²) in [7, 11) is 0. The molecule has 0 radical (unpaired) electrons. The van der Waals surface area contributed by atoms with E-state index >= 15 is 0 Å². The Morgan fingerprint density at radius 3 is 2.71 bits per heavy atom. The molecule has 1 aliphatic rings. The summed E-state index contributed by atoms with van der Waals surface area (Å²) in [5.74, 6) is 0.455. The Hall–Kier alpha value is -2.69. The molecule has 5 nitrogen and oxygen atoms in total. The number of benzene rings is 1. The summed E-state index contributed by atoms with van der Waals surface area (Å²) in [4.78, 5) is 21.7. The number of hydrogen-bond donors (Lipinski definition) is 1. The summed E-state index contributed by atoms with van der Waals surface area (Å²) < 4.78 is 1.77. The van der Waals surface area contributed by atoms with Crippen LogP contribution in [0.5, 0.6) is 0 Å². The highest BCUT2D eigenvalue weighted by molar-refractivity contribution is 5.75. The van der Waals surface area contributed by atoms with E-state index in [-0.39, 0.29) is 5.56 Å². The van der Waals surface area contributed by atoms with Crippen molar-refractivity contribution >= 4 is 16.9 Å². The third-order valence-corrected chi connectivity index (χ3v) is 4.63. The molecule has 5 heteroatoms. The number of nitrogens with zero attached hydrogens (tertiary/aromatic N) is 3. The molecule has 0 spiro atoms. The van der Waals surface area contributed by atoms with Crippen LogP contribution in [-0.2, 0) is 6.54 Å². The summed E-state index contributed by atoms with van der Waals surface area (Å²) >= 11 is 0. The maximum absolute atomic E-state index is 13.0. The van der Waals surface area contributed by atoms with Gasteiger partial charge in [-0.1, -0.05) is 43.2 Å². The van der Waals surface area contributed by atoms with E-state index < -0.39 is 0 Å². The molecule has 24 heavy (non-hydrogen) atoms. The first-order valence-electron chi connectivity index (χ1n) is 8.46. The van der Waals surface area contributed by atoms with Gasteiger partial charge in [0.2, 0.25) is 0 Å². The van der Waals surface area contributed by atoms with Crippen molar-refractivity contribution in [2.45, 2.75) is 38.3 Å². The van der Waals surface area contributed by atoms with E-state index in [4.69, 9.17) is 0 Å². The molecule has 0 atom stereocenters. The second-order valence-electron chi connectivity index (χ2n) is 6.33. The lowest BCUT2D eigenvalue weighted by atomic mass is 10.2. The zero-order chi connectivity index (χ0) is 16.4. The second kappa shape index (κ2) is 6.43. The van der Waals surface area contributed by atoms with Crippen molar-refractivity contribution in [3.63, 3.8) is 0 Å². The lowest BCUT2D eigenvalue weighted by Crippen LogP contribution is -2.29. The minimum absolute atomic E-state index is 0.0775. The highest BCUT2D eigenvalue weighted by Crippen LogP contribution is 2.21. The third-order valence-electron chi connectivity index (χ3n) is 4.63. The van der Waals surface area contributed by atoms with Crippen LogP contribution in [-0.4, -0.2) is 20.6 Å². The van der Waals surface area contributed by atoms with Gasteiger partial charge in [0.15, 0.2) is 5.82 Å². The van der Waals surface area contributed by atoms with Gasteiger partial charge in [0.05, 0.1) is 23.8 Å². The molecular weight excluding hydrogens is 300 g/mol. The molecule has 0 aliphatic heterocycles. The van der Waals surface area contributed by atoms with Crippen molar-refractivity contribution in [3.05, 3.63) is 64.7 Å². The number of nitrogens with one attached hydrogen (secondary N) is 1. The van der Waals surface area contributed by atoms with Crippen LogP contribution < -0.4 is 10.9 Å². The van der Waals surface area contributed by atoms with Crippen molar-refractivity contribution in [1.29, 1.82) is 0 Å². The van der Waals surface area contributed by atoms with E-state index in [1.165, 1.54) is 12.8 Å². The molecule has 1 aliphatic carbocycles. The van der Waals surface area contributed by atoms with Gasteiger partial charge >= 0.3 is 0 Å². The fourth-order valence-corrected chi connectivity index (χ4v) is 3.37. The first kappa shape index (κ1) is 14.9. The Kier molecular flexibility index (Phi) is 3.99. The average Bonchev–Trinajstić information content (AvgIpc) is 3.12. The monoisotopic (exact) mass is 320 g/mol. The zero-order valence-corrected chi connectivity index (χ0v) is 13.5. The molecule has 0 bridgehead atoms. The largest absolute Gasteiger partial charge is 0.363 e. The quantitative estimate of drug-likeness (QED) is 0.802. The summed E-state index contributed by atoms with van der Waals surface area (Å²) in [6.07, 6.45) is 8.07. The predicted molar refractivity (Wildman–Crippen MR) is 95.2 cm³/mol. The highest BCUT2D eigenvalue weighted by atomic mass is 16.1. The summed E-state index contributed by atoms with van der Waals surface area (Å²) in [6.45, 7) is 0.518. The van der Waals surface area contributed by atoms with E-state index in [0.717, 1.165) is 29.4 Å². The SMILES string of the molecule is O=c1c(NC2CCCC2)nc2ccncc2n1Cc1ccccc1. The Balaban J connectivity index is 1.80. The fourth-order valence-electron chi connectivity index (χ4n) is 3.37. The lowest BCUT2D eigenvalue weighted by molar-refractivity contribution is 0.734. The molecule has 1 fully saturated rings. The minimum Gasteiger partial charge on any atom is -0.363 e. The molecule has 1 N–H and O–H groups in total. The molecule has 4 rings (SSSR count). The van der Waals surface area contributed by atoms with Gasteiger partial charge in [-0.2, -0.15) is 0 Å². The predicted octanol–water partition coefficient (Wildman–Crippen LogP) is 3.19. The number of rotatable bonds is 4. The summed E-state index contributed by atoms with van der Waals surface area (Å²) in [6, 6.07) is 12.2. The number of anilines is 1. The van der Waals surface area contributed by atoms with Crippen LogP contribution in [0.25, 0.3) is 11.0 Å². The van der Waals surface area contributed by atoms with E-state index in [0.29, 0.717) is 18.4 Å². The molecule has 1 saturated carbocycles. The van der Waals surface area contributed by atoms with Crippen molar-refractivity contribution in [1.82, 2.24) is 14.5 Å². The van der Waals surface area contributed by atoms with Crippen LogP contribution in [0.15, 0.2) is 53.6 Å². The van der Waals surface area contributed by atoms with Crippen molar-refractivity contribution in [2.75, 3.05) is 5.32 Å². The van der Waals surface area contributed by atoms with Crippen molar-refractivity contribution in [2.24, 2.45) is 0 Å². The lowest BCUT2D eigenvalue weighted by Gasteiger charge is -2.16. The third kappa shape index (κ3) is 2.89. The molecule has 3 aromatic rings. The molecule has 0 unspecified atom stereocenters. The molecule has 0 amide bonds. The van der Waals surface area contributed by atoms with Crippen LogP contribution in [0, 0.1) is 0 Å². The standard InChI is InChI=1S/C19H20N4O/c24-19-18(21-15-8-4-5-9-15)22-16-10-11-20-12-17(16)23(19)13-14-6-2-1-3-7-14/h1-3,6-7,10-12,15H,4-5,8-9,13H2,(H,21,22). The van der Waals surface area contributed by atoms with Crippen LogP contribution in [0.1, 0.15) is 31.2 Å². The van der Waals surface area contributed by atoms with Crippen LogP contribution in [0.4, 0.5) is 5.82 Å². The molecular formula is C19H20N4O. The normalized spacial score (nSPS) is 15.0. The van der Waals surface area contributed by atoms with Gasteiger partial charge in [-0.05, 0) is 24.5 Å². The zero-order valence-electron chi connectivity index (χ0n) is 13.5. The number of fused-ring (bicyclic) bond motifs is 1. The Morgan fingerprint density at radius 2 is 1.92 bits per heavy atom. The maximum Gasteiger partial charge on any atom is 0.294 e. The number of hydrogen-bond acceptors (Lipinski definition) is 4. The molecule has 2 heterocycles. The van der Waals surface area contributed by atoms with Crippen LogP contribution >= 0.6 is 0 Å². The number of pyridine rings is 1. The van der Waals surface area contributed by atoms with Gasteiger partial charge in [0, 0.05) is 12.2 Å². The van der Waals surface area contributed by atoms with Gasteiger partial charge in [0.1, 0.15) is 0 Å². The van der Waals surface area contributed by atoms with Crippen molar-refractivity contribution in [3.8, 4) is 0 Å². The molecule has 0 saturated heterocycles. The molecule has 1 aromatic carbocycles. The molecule has 122 valence electrons. The Bertz CT molecular complexity index is 898. The topological polar surface area (TPSA) is 59.8 Å².